The van der Waals surface area contributed by atoms with E-state index >= 15 is 0 Å². The molecule has 0 saturated carbocycles. The summed E-state index contributed by atoms with van der Waals surface area (Å²) in [4.78, 5) is 17.4. The summed E-state index contributed by atoms with van der Waals surface area (Å²) < 4.78 is 16.0. The molecule has 1 saturated heterocycles. The number of aromatic amines is 1. The van der Waals surface area contributed by atoms with E-state index in [1.807, 2.05) is 26.8 Å². The number of H-pyrrole nitrogens is 1. The van der Waals surface area contributed by atoms with E-state index in [4.69, 9.17) is 14.2 Å². The van der Waals surface area contributed by atoms with E-state index in [0.29, 0.717) is 24.7 Å². The average molecular weight is 282 g/mol. The Balaban J connectivity index is 2.20. The highest BCUT2D eigenvalue weighted by Crippen LogP contribution is 2.27. The monoisotopic (exact) mass is 282 g/mol. The van der Waals surface area contributed by atoms with Crippen LogP contribution in [0.1, 0.15) is 31.3 Å². The van der Waals surface area contributed by atoms with Gasteiger partial charge >= 0.3 is 5.97 Å². The van der Waals surface area contributed by atoms with E-state index in [0.717, 1.165) is 18.9 Å². The molecule has 0 bridgehead atoms. The number of nitrogens with one attached hydrogen (secondary N) is 1. The molecule has 1 aliphatic rings. The van der Waals surface area contributed by atoms with Gasteiger partial charge in [-0.15, -0.1) is 0 Å². The van der Waals surface area contributed by atoms with Gasteiger partial charge in [0.2, 0.25) is 0 Å². The van der Waals surface area contributed by atoms with Crippen LogP contribution in [0.15, 0.2) is 6.07 Å². The van der Waals surface area contributed by atoms with Gasteiger partial charge in [0.05, 0.1) is 20.3 Å². The van der Waals surface area contributed by atoms with Crippen LogP contribution in [0.2, 0.25) is 0 Å². The van der Waals surface area contributed by atoms with Crippen LogP contribution in [0.25, 0.3) is 0 Å². The van der Waals surface area contributed by atoms with E-state index in [2.05, 4.69) is 9.88 Å². The number of carbonyl (C=O) groups excluding carboxylic acids is 1. The number of aromatic nitrogens is 1. The maximum absolute atomic E-state index is 12.2. The predicted molar refractivity (Wildman–Crippen MR) is 75.5 cm³/mol. The Bertz CT molecular complexity index is 470. The summed E-state index contributed by atoms with van der Waals surface area (Å²) >= 11 is 0. The van der Waals surface area contributed by atoms with Crippen molar-refractivity contribution in [2.24, 2.45) is 0 Å². The van der Waals surface area contributed by atoms with Gasteiger partial charge in [0.25, 0.3) is 0 Å². The van der Waals surface area contributed by atoms with Crippen molar-refractivity contribution in [2.75, 3.05) is 38.3 Å². The van der Waals surface area contributed by atoms with Gasteiger partial charge in [0.15, 0.2) is 11.4 Å². The summed E-state index contributed by atoms with van der Waals surface area (Å²) in [7, 11) is 1.54. The lowest BCUT2D eigenvalue weighted by Crippen LogP contribution is -2.36. The number of methoxy groups -OCH3 is 1. The molecular weight excluding hydrogens is 260 g/mol. The van der Waals surface area contributed by atoms with Crippen molar-refractivity contribution in [2.45, 2.75) is 26.4 Å². The molecule has 0 amide bonds. The summed E-state index contributed by atoms with van der Waals surface area (Å²) in [6.45, 7) is 8.46. The minimum Gasteiger partial charge on any atom is -0.494 e. The first kappa shape index (κ1) is 14.7. The number of esters is 1. The van der Waals surface area contributed by atoms with Gasteiger partial charge in [0.1, 0.15) is 11.4 Å². The second-order valence-electron chi connectivity index (χ2n) is 5.70. The van der Waals surface area contributed by atoms with Gasteiger partial charge in [-0.3, -0.25) is 0 Å². The molecule has 0 atom stereocenters. The average Bonchev–Trinajstić information content (AvgIpc) is 2.82. The van der Waals surface area contributed by atoms with Crippen molar-refractivity contribution in [3.63, 3.8) is 0 Å². The van der Waals surface area contributed by atoms with Crippen LogP contribution in [-0.4, -0.2) is 50.0 Å². The third-order valence-corrected chi connectivity index (χ3v) is 2.94. The fourth-order valence-electron chi connectivity index (χ4n) is 2.04. The first-order chi connectivity index (χ1) is 9.40. The molecule has 1 N–H and O–H groups in total. The molecule has 0 aromatic carbocycles. The van der Waals surface area contributed by atoms with E-state index in [1.54, 1.807) is 7.11 Å². The second-order valence-corrected chi connectivity index (χ2v) is 5.70. The normalized spacial score (nSPS) is 16.1. The van der Waals surface area contributed by atoms with Crippen LogP contribution in [0.4, 0.5) is 5.82 Å². The first-order valence-corrected chi connectivity index (χ1v) is 6.74. The quantitative estimate of drug-likeness (QED) is 0.857. The van der Waals surface area contributed by atoms with Gasteiger partial charge in [-0.1, -0.05) is 0 Å². The van der Waals surface area contributed by atoms with E-state index in [-0.39, 0.29) is 0 Å². The molecule has 0 radical (unpaired) electrons. The number of hydrogen-bond donors (Lipinski definition) is 1. The SMILES string of the molecule is COc1cc(N2CCOCC2)[nH]c1C(=O)OC(C)(C)C. The van der Waals surface area contributed by atoms with E-state index in [9.17, 15) is 4.79 Å². The molecule has 6 heteroatoms. The Morgan fingerprint density at radius 2 is 2.00 bits per heavy atom. The Morgan fingerprint density at radius 3 is 2.55 bits per heavy atom. The van der Waals surface area contributed by atoms with Crippen molar-refractivity contribution >= 4 is 11.8 Å². The summed E-state index contributed by atoms with van der Waals surface area (Å²) in [6.07, 6.45) is 0. The lowest BCUT2D eigenvalue weighted by atomic mass is 10.2. The number of morpholine rings is 1. The highest BCUT2D eigenvalue weighted by atomic mass is 16.6. The molecular formula is C14H22N2O4. The number of ether oxygens (including phenoxy) is 3. The molecule has 2 rings (SSSR count). The highest BCUT2D eigenvalue weighted by Gasteiger charge is 2.25. The maximum Gasteiger partial charge on any atom is 0.359 e. The molecule has 1 aromatic heterocycles. The molecule has 0 spiro atoms. The molecule has 112 valence electrons. The topological polar surface area (TPSA) is 63.8 Å². The summed E-state index contributed by atoms with van der Waals surface area (Å²) in [5.41, 5.74) is -0.185. The minimum atomic E-state index is -0.535. The van der Waals surface area contributed by atoms with Gasteiger partial charge in [0, 0.05) is 19.2 Å². The Morgan fingerprint density at radius 1 is 1.35 bits per heavy atom. The van der Waals surface area contributed by atoms with E-state index in [1.165, 1.54) is 0 Å². The van der Waals surface area contributed by atoms with Gasteiger partial charge in [-0.25, -0.2) is 4.79 Å². The Labute approximate surface area is 119 Å². The zero-order valence-corrected chi connectivity index (χ0v) is 12.5. The number of anilines is 1. The van der Waals surface area contributed by atoms with Crippen LogP contribution in [0.5, 0.6) is 5.75 Å². The van der Waals surface area contributed by atoms with Crippen LogP contribution in [-0.2, 0) is 9.47 Å². The standard InChI is InChI=1S/C14H22N2O4/c1-14(2,3)20-13(17)12-10(18-4)9-11(15-12)16-5-7-19-8-6-16/h9,15H,5-8H2,1-4H3. The summed E-state index contributed by atoms with van der Waals surface area (Å²) in [5.74, 6) is 0.945. The van der Waals surface area contributed by atoms with Gasteiger partial charge < -0.3 is 24.1 Å². The van der Waals surface area contributed by atoms with Crippen LogP contribution in [0, 0.1) is 0 Å². The molecule has 1 aromatic rings. The van der Waals surface area contributed by atoms with Crippen LogP contribution in [0.3, 0.4) is 0 Å². The first-order valence-electron chi connectivity index (χ1n) is 6.74. The van der Waals surface area contributed by atoms with Crippen LogP contribution >= 0.6 is 0 Å². The Kier molecular flexibility index (Phi) is 4.23. The molecule has 1 aliphatic heterocycles. The predicted octanol–water partition coefficient (Wildman–Crippen LogP) is 1.82. The Hall–Kier alpha value is -1.69. The number of rotatable bonds is 3. The van der Waals surface area contributed by atoms with Crippen LogP contribution < -0.4 is 9.64 Å². The number of nitrogens with zero attached hydrogens (tertiary/aromatic N) is 1. The molecule has 2 heterocycles. The lowest BCUT2D eigenvalue weighted by molar-refractivity contribution is 0.00606. The fourth-order valence-corrected chi connectivity index (χ4v) is 2.04. The third kappa shape index (κ3) is 3.45. The fraction of sp³-hybridized carbons (Fsp3) is 0.643. The minimum absolute atomic E-state index is 0.351. The van der Waals surface area contributed by atoms with Gasteiger partial charge in [-0.05, 0) is 20.8 Å². The molecule has 6 nitrogen and oxygen atoms in total. The van der Waals surface area contributed by atoms with Crippen molar-refractivity contribution < 1.29 is 19.0 Å². The lowest BCUT2D eigenvalue weighted by Gasteiger charge is -2.27. The smallest absolute Gasteiger partial charge is 0.359 e. The maximum atomic E-state index is 12.2. The highest BCUT2D eigenvalue weighted by molar-refractivity contribution is 5.92. The molecule has 0 aliphatic carbocycles. The van der Waals surface area contributed by atoms with E-state index < -0.39 is 11.6 Å². The van der Waals surface area contributed by atoms with Gasteiger partial charge in [-0.2, -0.15) is 0 Å². The zero-order chi connectivity index (χ0) is 14.8. The number of hydrogen-bond acceptors (Lipinski definition) is 5. The molecule has 1 fully saturated rings. The molecule has 0 unspecified atom stereocenters. The van der Waals surface area contributed by atoms with Crippen molar-refractivity contribution in [1.29, 1.82) is 0 Å². The largest absolute Gasteiger partial charge is 0.494 e. The van der Waals surface area contributed by atoms with Crippen molar-refractivity contribution in [3.05, 3.63) is 11.8 Å². The summed E-state index contributed by atoms with van der Waals surface area (Å²) in [6, 6.07) is 1.82. The zero-order valence-electron chi connectivity index (χ0n) is 12.5. The van der Waals surface area contributed by atoms with Crippen molar-refractivity contribution in [1.82, 2.24) is 4.98 Å². The number of carbonyl (C=O) groups is 1. The van der Waals surface area contributed by atoms with Crippen molar-refractivity contribution in [3.8, 4) is 5.75 Å². The third-order valence-electron chi connectivity index (χ3n) is 2.94. The molecule has 20 heavy (non-hydrogen) atoms. The summed E-state index contributed by atoms with van der Waals surface area (Å²) in [5, 5.41) is 0. The second kappa shape index (κ2) is 5.75.